The van der Waals surface area contributed by atoms with Gasteiger partial charge in [-0.15, -0.1) is 0 Å². The molecule has 3 aromatic rings. The van der Waals surface area contributed by atoms with Crippen molar-refractivity contribution >= 4 is 27.6 Å². The van der Waals surface area contributed by atoms with Crippen LogP contribution >= 0.6 is 11.3 Å². The zero-order chi connectivity index (χ0) is 21.8. The smallest absolute Gasteiger partial charge is 0.281 e. The fraction of sp³-hybridized carbons (Fsp3) is 0.455. The number of thiazole rings is 1. The topological polar surface area (TPSA) is 95.5 Å². The van der Waals surface area contributed by atoms with Gasteiger partial charge in [-0.05, 0) is 50.8 Å². The van der Waals surface area contributed by atoms with Crippen LogP contribution in [0.15, 0.2) is 30.5 Å². The van der Waals surface area contributed by atoms with Crippen molar-refractivity contribution in [2.75, 3.05) is 13.2 Å². The van der Waals surface area contributed by atoms with Crippen LogP contribution in [0.2, 0.25) is 0 Å². The maximum absolute atomic E-state index is 11.0. The Kier molecular flexibility index (Phi) is 6.62. The molecular formula is C22H26N4O4S. The van der Waals surface area contributed by atoms with E-state index in [1.165, 1.54) is 18.3 Å². The lowest BCUT2D eigenvalue weighted by atomic mass is 9.83. The monoisotopic (exact) mass is 442 g/mol. The van der Waals surface area contributed by atoms with Gasteiger partial charge in [0.05, 0.1) is 25.5 Å². The van der Waals surface area contributed by atoms with Gasteiger partial charge in [0, 0.05) is 24.7 Å². The first-order chi connectivity index (χ1) is 14.9. The maximum atomic E-state index is 11.0. The van der Waals surface area contributed by atoms with Gasteiger partial charge in [-0.3, -0.25) is 9.78 Å². The fourth-order valence-corrected chi connectivity index (χ4v) is 4.14. The molecule has 1 atom stereocenters. The number of aryl methyl sites for hydroxylation is 1. The lowest BCUT2D eigenvalue weighted by Crippen LogP contribution is -2.40. The number of nitrogens with zero attached hydrogens (tertiary/aromatic N) is 3. The Morgan fingerprint density at radius 1 is 1.26 bits per heavy atom. The van der Waals surface area contributed by atoms with Gasteiger partial charge in [0.1, 0.15) is 11.3 Å². The van der Waals surface area contributed by atoms with Crippen LogP contribution in [0.5, 0.6) is 16.8 Å². The Bertz CT molecular complexity index is 1030. The molecule has 1 N–H and O–H groups in total. The number of amides is 1. The molecule has 1 saturated carbocycles. The molecular weight excluding hydrogens is 416 g/mol. The third-order valence-corrected chi connectivity index (χ3v) is 5.83. The number of nitrogens with one attached hydrogen (secondary N) is 1. The highest BCUT2D eigenvalue weighted by Gasteiger charge is 2.30. The second-order valence-electron chi connectivity index (χ2n) is 7.90. The van der Waals surface area contributed by atoms with Crippen molar-refractivity contribution in [1.82, 2.24) is 20.3 Å². The molecule has 1 aliphatic carbocycles. The molecule has 3 aromatic heterocycles. The number of fused-ring (bicyclic) bond motifs is 1. The lowest BCUT2D eigenvalue weighted by Gasteiger charge is -2.35. The second-order valence-corrected chi connectivity index (χ2v) is 8.84. The highest BCUT2D eigenvalue weighted by atomic mass is 32.1. The molecule has 0 unspecified atom stereocenters. The first-order valence-electron chi connectivity index (χ1n) is 10.3. The zero-order valence-corrected chi connectivity index (χ0v) is 18.6. The molecule has 1 fully saturated rings. The average molecular weight is 443 g/mol. The minimum atomic E-state index is -0.0350. The van der Waals surface area contributed by atoms with Crippen LogP contribution in [0.25, 0.3) is 10.3 Å². The van der Waals surface area contributed by atoms with Crippen molar-refractivity contribution in [3.8, 4) is 16.8 Å². The van der Waals surface area contributed by atoms with Gasteiger partial charge in [0.2, 0.25) is 11.8 Å². The average Bonchev–Trinajstić information content (AvgIpc) is 3.09. The van der Waals surface area contributed by atoms with Crippen LogP contribution in [0.3, 0.4) is 0 Å². The number of hydrogen-bond acceptors (Lipinski definition) is 8. The van der Waals surface area contributed by atoms with Gasteiger partial charge >= 0.3 is 0 Å². The van der Waals surface area contributed by atoms with Crippen LogP contribution in [0.1, 0.15) is 32.4 Å². The van der Waals surface area contributed by atoms with Gasteiger partial charge in [-0.1, -0.05) is 11.3 Å². The van der Waals surface area contributed by atoms with Crippen LogP contribution in [-0.2, 0) is 9.53 Å². The van der Waals surface area contributed by atoms with E-state index >= 15 is 0 Å². The summed E-state index contributed by atoms with van der Waals surface area (Å²) in [6.07, 6.45) is 3.83. The molecule has 0 aliphatic heterocycles. The molecule has 164 valence electrons. The third-order valence-electron chi connectivity index (χ3n) is 4.99. The van der Waals surface area contributed by atoms with E-state index in [-0.39, 0.29) is 18.1 Å². The summed E-state index contributed by atoms with van der Waals surface area (Å²) in [6.45, 7) is 6.52. The number of pyridine rings is 2. The largest absolute Gasteiger partial charge is 0.477 e. The number of ether oxygens (including phenoxy) is 3. The molecule has 1 aliphatic rings. The number of hydrogen-bond donors (Lipinski definition) is 1. The van der Waals surface area contributed by atoms with Gasteiger partial charge in [0.15, 0.2) is 4.83 Å². The molecule has 0 radical (unpaired) electrons. The van der Waals surface area contributed by atoms with Gasteiger partial charge < -0.3 is 19.5 Å². The van der Waals surface area contributed by atoms with Crippen molar-refractivity contribution in [2.45, 2.75) is 45.8 Å². The molecule has 0 aromatic carbocycles. The summed E-state index contributed by atoms with van der Waals surface area (Å²) in [5.41, 5.74) is 1.71. The van der Waals surface area contributed by atoms with Crippen LogP contribution in [0.4, 0.5) is 0 Å². The molecule has 1 amide bonds. The molecule has 31 heavy (non-hydrogen) atoms. The second kappa shape index (κ2) is 9.57. The Morgan fingerprint density at radius 3 is 2.84 bits per heavy atom. The lowest BCUT2D eigenvalue weighted by molar-refractivity contribution is -0.120. The maximum Gasteiger partial charge on any atom is 0.281 e. The van der Waals surface area contributed by atoms with E-state index in [1.807, 2.05) is 38.1 Å². The SMILES string of the molecule is CC(=O)N[C@@H](C)COC1CC(COc2ccc3nc(Oc4ccc(C)nc4)sc3n2)C1. The quantitative estimate of drug-likeness (QED) is 0.537. The van der Waals surface area contributed by atoms with E-state index in [9.17, 15) is 4.79 Å². The van der Waals surface area contributed by atoms with Crippen LogP contribution < -0.4 is 14.8 Å². The normalized spacial score (nSPS) is 18.9. The van der Waals surface area contributed by atoms with E-state index < -0.39 is 0 Å². The van der Waals surface area contributed by atoms with Crippen molar-refractivity contribution in [2.24, 2.45) is 5.92 Å². The van der Waals surface area contributed by atoms with Crippen molar-refractivity contribution < 1.29 is 19.0 Å². The van der Waals surface area contributed by atoms with Crippen LogP contribution in [-0.4, -0.2) is 46.2 Å². The summed E-state index contributed by atoms with van der Waals surface area (Å²) in [5, 5.41) is 3.35. The summed E-state index contributed by atoms with van der Waals surface area (Å²) in [6, 6.07) is 7.52. The fourth-order valence-electron chi connectivity index (χ4n) is 3.34. The van der Waals surface area contributed by atoms with Gasteiger partial charge in [0.25, 0.3) is 5.19 Å². The van der Waals surface area contributed by atoms with E-state index in [1.54, 1.807) is 6.20 Å². The van der Waals surface area contributed by atoms with Crippen molar-refractivity contribution in [3.63, 3.8) is 0 Å². The highest BCUT2D eigenvalue weighted by Crippen LogP contribution is 2.33. The first-order valence-corrected chi connectivity index (χ1v) is 11.2. The first kappa shape index (κ1) is 21.5. The molecule has 3 heterocycles. The van der Waals surface area contributed by atoms with Gasteiger partial charge in [-0.25, -0.2) is 9.97 Å². The predicted molar refractivity (Wildman–Crippen MR) is 118 cm³/mol. The molecule has 9 heteroatoms. The molecule has 0 saturated heterocycles. The summed E-state index contributed by atoms with van der Waals surface area (Å²) in [4.78, 5) is 25.0. The minimum absolute atomic E-state index is 0.0271. The van der Waals surface area contributed by atoms with E-state index in [4.69, 9.17) is 14.2 Å². The number of carbonyl (C=O) groups excluding carboxylic acids is 1. The number of rotatable bonds is 9. The van der Waals surface area contributed by atoms with E-state index in [2.05, 4.69) is 20.3 Å². The molecule has 4 rings (SSSR count). The Labute approximate surface area is 185 Å². The highest BCUT2D eigenvalue weighted by molar-refractivity contribution is 7.19. The molecule has 0 spiro atoms. The summed E-state index contributed by atoms with van der Waals surface area (Å²) >= 11 is 1.38. The summed E-state index contributed by atoms with van der Waals surface area (Å²) in [5.74, 6) is 1.65. The third kappa shape index (κ3) is 5.89. The van der Waals surface area contributed by atoms with Gasteiger partial charge in [-0.2, -0.15) is 0 Å². The molecule has 0 bridgehead atoms. The van der Waals surface area contributed by atoms with Crippen molar-refractivity contribution in [1.29, 1.82) is 0 Å². The van der Waals surface area contributed by atoms with Crippen LogP contribution in [0, 0.1) is 12.8 Å². The number of carbonyl (C=O) groups is 1. The van der Waals surface area contributed by atoms with Crippen molar-refractivity contribution in [3.05, 3.63) is 36.2 Å². The Morgan fingerprint density at radius 2 is 2.10 bits per heavy atom. The van der Waals surface area contributed by atoms with E-state index in [0.29, 0.717) is 36.0 Å². The zero-order valence-electron chi connectivity index (χ0n) is 17.8. The standard InChI is InChI=1S/C22H26N4O4S/c1-13-4-5-17(10-23-13)30-22-25-19-6-7-20(26-21(19)31-22)29-12-16-8-18(9-16)28-11-14(2)24-15(3)27/h4-7,10,14,16,18H,8-9,11-12H2,1-3H3,(H,24,27)/t14-,16?,18?/m0/s1. The molecule has 8 nitrogen and oxygen atoms in total. The number of aromatic nitrogens is 3. The summed E-state index contributed by atoms with van der Waals surface area (Å²) < 4.78 is 17.5. The Hall–Kier alpha value is -2.78. The summed E-state index contributed by atoms with van der Waals surface area (Å²) in [7, 11) is 0. The Balaban J connectivity index is 1.23. The van der Waals surface area contributed by atoms with E-state index in [0.717, 1.165) is 28.9 Å². The minimum Gasteiger partial charge on any atom is -0.477 e. The predicted octanol–water partition coefficient (Wildman–Crippen LogP) is 3.89.